The van der Waals surface area contributed by atoms with E-state index in [4.69, 9.17) is 0 Å². The molecule has 0 aliphatic heterocycles. The second-order valence-corrected chi connectivity index (χ2v) is 5.23. The van der Waals surface area contributed by atoms with Crippen LogP contribution in [0.3, 0.4) is 0 Å². The minimum Gasteiger partial charge on any atom is -0.353 e. The summed E-state index contributed by atoms with van der Waals surface area (Å²) in [6.45, 7) is 7.09. The summed E-state index contributed by atoms with van der Waals surface area (Å²) in [5.74, 6) is 0.0980. The maximum absolute atomic E-state index is 11.7. The van der Waals surface area contributed by atoms with E-state index < -0.39 is 0 Å². The zero-order valence-corrected chi connectivity index (χ0v) is 13.0. The summed E-state index contributed by atoms with van der Waals surface area (Å²) in [4.78, 5) is 11.7. The van der Waals surface area contributed by atoms with E-state index >= 15 is 0 Å². The monoisotopic (exact) mass is 284 g/mol. The number of rotatable bonds is 6. The van der Waals surface area contributed by atoms with Crippen LogP contribution in [0.4, 0.5) is 0 Å². The number of nitrogens with one attached hydrogen (secondary N) is 2. The second kappa shape index (κ2) is 8.18. The van der Waals surface area contributed by atoms with Crippen LogP contribution in [0.15, 0.2) is 30.3 Å². The second-order valence-electron chi connectivity index (χ2n) is 5.23. The zero-order chi connectivity index (χ0) is 13.6. The number of halogens is 1. The Balaban J connectivity index is 0.00000324. The quantitative estimate of drug-likeness (QED) is 0.843. The van der Waals surface area contributed by atoms with Crippen LogP contribution in [0, 0.1) is 0 Å². The molecule has 1 amide bonds. The predicted octanol–water partition coefficient (Wildman–Crippen LogP) is 2.50. The molecule has 0 bridgehead atoms. The van der Waals surface area contributed by atoms with Gasteiger partial charge in [0.2, 0.25) is 5.91 Å². The van der Waals surface area contributed by atoms with Crippen molar-refractivity contribution in [3.05, 3.63) is 35.9 Å². The number of carbonyl (C=O) groups excluding carboxylic acids is 1. The number of carbonyl (C=O) groups is 1. The van der Waals surface area contributed by atoms with E-state index in [9.17, 15) is 4.79 Å². The van der Waals surface area contributed by atoms with Gasteiger partial charge >= 0.3 is 0 Å². The summed E-state index contributed by atoms with van der Waals surface area (Å²) in [5, 5.41) is 6.06. The fraction of sp³-hybridized carbons (Fsp3) is 0.533. The average molecular weight is 285 g/mol. The molecule has 1 aromatic rings. The molecule has 19 heavy (non-hydrogen) atoms. The Labute approximate surface area is 122 Å². The molecule has 1 aromatic carbocycles. The highest BCUT2D eigenvalue weighted by Gasteiger charge is 2.28. The van der Waals surface area contributed by atoms with Crippen LogP contribution in [0.25, 0.3) is 0 Å². The number of amides is 1. The minimum atomic E-state index is -0.0729. The van der Waals surface area contributed by atoms with Crippen molar-refractivity contribution in [3.8, 4) is 0 Å². The van der Waals surface area contributed by atoms with Gasteiger partial charge in [0, 0.05) is 24.4 Å². The fourth-order valence-electron chi connectivity index (χ4n) is 1.85. The van der Waals surface area contributed by atoms with E-state index in [2.05, 4.69) is 43.5 Å². The Morgan fingerprint density at radius 1 is 1.26 bits per heavy atom. The lowest BCUT2D eigenvalue weighted by Crippen LogP contribution is -2.45. The van der Waals surface area contributed by atoms with Crippen molar-refractivity contribution in [2.75, 3.05) is 13.6 Å². The highest BCUT2D eigenvalue weighted by atomic mass is 35.5. The van der Waals surface area contributed by atoms with E-state index in [1.54, 1.807) is 0 Å². The summed E-state index contributed by atoms with van der Waals surface area (Å²) < 4.78 is 0. The average Bonchev–Trinajstić information content (AvgIpc) is 2.37. The lowest BCUT2D eigenvalue weighted by atomic mass is 9.78. The Bertz CT molecular complexity index is 379. The highest BCUT2D eigenvalue weighted by molar-refractivity contribution is 5.85. The van der Waals surface area contributed by atoms with Crippen molar-refractivity contribution >= 4 is 18.3 Å². The van der Waals surface area contributed by atoms with Gasteiger partial charge in [0.25, 0.3) is 0 Å². The number of benzene rings is 1. The van der Waals surface area contributed by atoms with Crippen LogP contribution in [0.1, 0.15) is 32.8 Å². The van der Waals surface area contributed by atoms with E-state index in [0.717, 1.165) is 0 Å². The van der Waals surface area contributed by atoms with E-state index in [-0.39, 0.29) is 29.8 Å². The van der Waals surface area contributed by atoms with Gasteiger partial charge in [-0.1, -0.05) is 44.2 Å². The predicted molar refractivity (Wildman–Crippen MR) is 82.9 cm³/mol. The van der Waals surface area contributed by atoms with Gasteiger partial charge in [-0.15, -0.1) is 12.4 Å². The first-order valence-electron chi connectivity index (χ1n) is 6.48. The molecule has 1 rings (SSSR count). The van der Waals surface area contributed by atoms with Crippen LogP contribution in [0.5, 0.6) is 0 Å². The summed E-state index contributed by atoms with van der Waals surface area (Å²) in [6.07, 6.45) is 0.520. The summed E-state index contributed by atoms with van der Waals surface area (Å²) in [6, 6.07) is 10.4. The SMILES string of the molecule is CNCCC(=O)NC(C)C(C)(C)c1ccccc1.Cl. The lowest BCUT2D eigenvalue weighted by Gasteiger charge is -2.33. The topological polar surface area (TPSA) is 41.1 Å². The van der Waals surface area contributed by atoms with Crippen LogP contribution in [0.2, 0.25) is 0 Å². The molecule has 2 N–H and O–H groups in total. The minimum absolute atomic E-state index is 0. The van der Waals surface area contributed by atoms with Crippen molar-refractivity contribution < 1.29 is 4.79 Å². The number of hydrogen-bond acceptors (Lipinski definition) is 2. The van der Waals surface area contributed by atoms with E-state index in [0.29, 0.717) is 13.0 Å². The smallest absolute Gasteiger partial charge is 0.221 e. The lowest BCUT2D eigenvalue weighted by molar-refractivity contribution is -0.122. The molecule has 0 aromatic heterocycles. The molecule has 0 saturated heterocycles. The van der Waals surface area contributed by atoms with Crippen molar-refractivity contribution in [1.82, 2.24) is 10.6 Å². The van der Waals surface area contributed by atoms with Gasteiger partial charge < -0.3 is 10.6 Å². The summed E-state index contributed by atoms with van der Waals surface area (Å²) in [7, 11) is 1.85. The van der Waals surface area contributed by atoms with Crippen LogP contribution >= 0.6 is 12.4 Å². The largest absolute Gasteiger partial charge is 0.353 e. The van der Waals surface area contributed by atoms with Gasteiger partial charge in [0.1, 0.15) is 0 Å². The van der Waals surface area contributed by atoms with Crippen LogP contribution < -0.4 is 10.6 Å². The first-order valence-corrected chi connectivity index (χ1v) is 6.48. The molecule has 1 unspecified atom stereocenters. The Hall–Kier alpha value is -1.06. The van der Waals surface area contributed by atoms with Gasteiger partial charge in [-0.2, -0.15) is 0 Å². The first kappa shape index (κ1) is 17.9. The molecule has 0 heterocycles. The van der Waals surface area contributed by atoms with Gasteiger partial charge in [0.05, 0.1) is 0 Å². The molecule has 0 fully saturated rings. The van der Waals surface area contributed by atoms with E-state index in [1.165, 1.54) is 5.56 Å². The fourth-order valence-corrected chi connectivity index (χ4v) is 1.85. The third kappa shape index (κ3) is 5.21. The zero-order valence-electron chi connectivity index (χ0n) is 12.2. The molecule has 0 aliphatic carbocycles. The molecule has 0 saturated carbocycles. The Morgan fingerprint density at radius 3 is 2.37 bits per heavy atom. The van der Waals surface area contributed by atoms with Gasteiger partial charge in [0.15, 0.2) is 0 Å². The molecule has 108 valence electrons. The summed E-state index contributed by atoms with van der Waals surface area (Å²) in [5.41, 5.74) is 1.17. The molecule has 0 radical (unpaired) electrons. The third-order valence-corrected chi connectivity index (χ3v) is 3.58. The van der Waals surface area contributed by atoms with Crippen molar-refractivity contribution in [2.24, 2.45) is 0 Å². The van der Waals surface area contributed by atoms with E-state index in [1.807, 2.05) is 25.2 Å². The molecule has 4 heteroatoms. The Morgan fingerprint density at radius 2 is 1.84 bits per heavy atom. The standard InChI is InChI=1S/C15H24N2O.ClH/c1-12(17-14(18)10-11-16-4)15(2,3)13-8-6-5-7-9-13;/h5-9,12,16H,10-11H2,1-4H3,(H,17,18);1H. The molecule has 0 aliphatic rings. The molecule has 1 atom stereocenters. The maximum Gasteiger partial charge on any atom is 0.221 e. The van der Waals surface area contributed by atoms with Gasteiger partial charge in [-0.05, 0) is 19.5 Å². The van der Waals surface area contributed by atoms with Gasteiger partial charge in [-0.3, -0.25) is 4.79 Å². The number of hydrogen-bond donors (Lipinski definition) is 2. The summed E-state index contributed by atoms with van der Waals surface area (Å²) >= 11 is 0. The van der Waals surface area contributed by atoms with Crippen LogP contribution in [-0.4, -0.2) is 25.5 Å². The van der Waals surface area contributed by atoms with Gasteiger partial charge in [-0.25, -0.2) is 0 Å². The molecular weight excluding hydrogens is 260 g/mol. The normalized spacial score (nSPS) is 12.4. The molecule has 3 nitrogen and oxygen atoms in total. The molecular formula is C15H25ClN2O. The first-order chi connectivity index (χ1) is 8.48. The van der Waals surface area contributed by atoms with Crippen LogP contribution in [-0.2, 0) is 10.2 Å². The maximum atomic E-state index is 11.7. The van der Waals surface area contributed by atoms with Crippen molar-refractivity contribution in [1.29, 1.82) is 0 Å². The molecule has 0 spiro atoms. The third-order valence-electron chi connectivity index (χ3n) is 3.58. The van der Waals surface area contributed by atoms with Crippen molar-refractivity contribution in [3.63, 3.8) is 0 Å². The van der Waals surface area contributed by atoms with Crippen molar-refractivity contribution in [2.45, 2.75) is 38.6 Å². The Kier molecular flexibility index (Phi) is 7.72. The highest BCUT2D eigenvalue weighted by Crippen LogP contribution is 2.26.